The molecule has 6 nitrogen and oxygen atoms in total. The summed E-state index contributed by atoms with van der Waals surface area (Å²) in [5.74, 6) is -0.340. The second-order valence-electron chi connectivity index (χ2n) is 6.96. The van der Waals surface area contributed by atoms with Crippen molar-refractivity contribution in [2.45, 2.75) is 19.9 Å². The van der Waals surface area contributed by atoms with Crippen LogP contribution >= 0.6 is 0 Å². The van der Waals surface area contributed by atoms with Crippen LogP contribution in [0, 0.1) is 18.3 Å². The molecular formula is C25H22N2O4. The number of nitriles is 1. The lowest BCUT2D eigenvalue weighted by Gasteiger charge is -2.16. The zero-order valence-corrected chi connectivity index (χ0v) is 17.2. The summed E-state index contributed by atoms with van der Waals surface area (Å²) in [5.41, 5.74) is 0.623. The van der Waals surface area contributed by atoms with Crippen LogP contribution in [0.25, 0.3) is 0 Å². The summed E-state index contributed by atoms with van der Waals surface area (Å²) < 4.78 is 6.51. The number of ketones is 1. The third-order valence-corrected chi connectivity index (χ3v) is 4.98. The molecule has 0 saturated heterocycles. The van der Waals surface area contributed by atoms with Gasteiger partial charge in [-0.2, -0.15) is 5.26 Å². The number of aromatic nitrogens is 1. The lowest BCUT2D eigenvalue weighted by Crippen LogP contribution is -2.27. The first-order valence-electron chi connectivity index (χ1n) is 9.76. The quantitative estimate of drug-likeness (QED) is 0.447. The summed E-state index contributed by atoms with van der Waals surface area (Å²) in [6, 6.07) is 17.8. The van der Waals surface area contributed by atoms with Gasteiger partial charge in [0.05, 0.1) is 5.56 Å². The summed E-state index contributed by atoms with van der Waals surface area (Å²) in [7, 11) is 0. The molecule has 0 saturated carbocycles. The summed E-state index contributed by atoms with van der Waals surface area (Å²) >= 11 is 0. The summed E-state index contributed by atoms with van der Waals surface area (Å²) in [6.45, 7) is 5.56. The monoisotopic (exact) mass is 414 g/mol. The Hall–Kier alpha value is -4.11. The predicted octanol–water partition coefficient (Wildman–Crippen LogP) is 3.77. The smallest absolute Gasteiger partial charge is 0.271 e. The van der Waals surface area contributed by atoms with Gasteiger partial charge in [-0.3, -0.25) is 14.2 Å². The number of nitrogens with zero attached hydrogens (tertiary/aromatic N) is 2. The fourth-order valence-corrected chi connectivity index (χ4v) is 3.32. The highest BCUT2D eigenvalue weighted by Gasteiger charge is 2.24. The predicted molar refractivity (Wildman–Crippen MR) is 118 cm³/mol. The van der Waals surface area contributed by atoms with Gasteiger partial charge in [0.2, 0.25) is 5.88 Å². The number of carbonyl (C=O) groups excluding carboxylic acids is 1. The number of ether oxygens (including phenoxy) is 1. The second kappa shape index (κ2) is 9.59. The van der Waals surface area contributed by atoms with E-state index in [-0.39, 0.29) is 23.2 Å². The van der Waals surface area contributed by atoms with Crippen molar-refractivity contribution in [1.82, 2.24) is 4.57 Å². The van der Waals surface area contributed by atoms with Crippen molar-refractivity contribution in [2.75, 3.05) is 6.61 Å². The average molecular weight is 414 g/mol. The molecule has 2 aromatic carbocycles. The van der Waals surface area contributed by atoms with Crippen molar-refractivity contribution >= 4 is 5.78 Å². The maximum absolute atomic E-state index is 13.2. The number of pyridine rings is 1. The number of aryl methyl sites for hydroxylation is 1. The first-order valence-corrected chi connectivity index (χ1v) is 9.76. The lowest BCUT2D eigenvalue weighted by molar-refractivity contribution is 0.103. The van der Waals surface area contributed by atoms with Gasteiger partial charge in [-0.25, -0.2) is 0 Å². The van der Waals surface area contributed by atoms with Crippen LogP contribution in [0.2, 0.25) is 0 Å². The van der Waals surface area contributed by atoms with Crippen molar-refractivity contribution in [3.63, 3.8) is 0 Å². The number of carbonyl (C=O) groups is 1. The van der Waals surface area contributed by atoms with Crippen molar-refractivity contribution in [3.05, 3.63) is 105 Å². The summed E-state index contributed by atoms with van der Waals surface area (Å²) in [4.78, 5) is 25.9. The molecule has 0 unspecified atom stereocenters. The van der Waals surface area contributed by atoms with Gasteiger partial charge in [0.1, 0.15) is 24.0 Å². The summed E-state index contributed by atoms with van der Waals surface area (Å²) in [5, 5.41) is 20.4. The van der Waals surface area contributed by atoms with E-state index in [1.807, 2.05) is 36.4 Å². The third kappa shape index (κ3) is 4.57. The molecule has 0 atom stereocenters. The maximum Gasteiger partial charge on any atom is 0.271 e. The van der Waals surface area contributed by atoms with E-state index in [1.165, 1.54) is 6.92 Å². The molecule has 1 heterocycles. The van der Waals surface area contributed by atoms with Crippen LogP contribution in [0.1, 0.15) is 32.6 Å². The number of hydrogen-bond acceptors (Lipinski definition) is 5. The topological polar surface area (TPSA) is 92.3 Å². The normalized spacial score (nSPS) is 10.3. The van der Waals surface area contributed by atoms with E-state index in [1.54, 1.807) is 30.3 Å². The van der Waals surface area contributed by atoms with Crippen LogP contribution in [0.3, 0.4) is 0 Å². The van der Waals surface area contributed by atoms with Crippen molar-refractivity contribution in [2.24, 2.45) is 0 Å². The first kappa shape index (κ1) is 21.6. The molecule has 1 N–H and O–H groups in total. The van der Waals surface area contributed by atoms with Crippen LogP contribution in [0.5, 0.6) is 11.6 Å². The molecule has 3 rings (SSSR count). The molecule has 0 fully saturated rings. The van der Waals surface area contributed by atoms with E-state index < -0.39 is 17.2 Å². The largest absolute Gasteiger partial charge is 0.494 e. The molecule has 0 bridgehead atoms. The molecule has 0 aliphatic carbocycles. The lowest BCUT2D eigenvalue weighted by atomic mass is 9.97. The van der Waals surface area contributed by atoms with E-state index in [9.17, 15) is 20.0 Å². The molecule has 0 radical (unpaired) electrons. The van der Waals surface area contributed by atoms with Gasteiger partial charge in [-0.15, -0.1) is 0 Å². The van der Waals surface area contributed by atoms with Gasteiger partial charge in [0, 0.05) is 12.1 Å². The Labute approximate surface area is 180 Å². The Morgan fingerprint density at radius 2 is 1.87 bits per heavy atom. The van der Waals surface area contributed by atoms with Gasteiger partial charge < -0.3 is 9.84 Å². The fraction of sp³-hybridized carbons (Fsp3) is 0.160. The van der Waals surface area contributed by atoms with Crippen LogP contribution < -0.4 is 10.3 Å². The molecule has 1 aromatic heterocycles. The molecule has 0 aliphatic heterocycles. The van der Waals surface area contributed by atoms with Gasteiger partial charge in [0.25, 0.3) is 5.56 Å². The average Bonchev–Trinajstić information content (AvgIpc) is 2.79. The van der Waals surface area contributed by atoms with Crippen LogP contribution in [0.4, 0.5) is 0 Å². The Morgan fingerprint density at radius 1 is 1.19 bits per heavy atom. The zero-order chi connectivity index (χ0) is 22.4. The van der Waals surface area contributed by atoms with Gasteiger partial charge >= 0.3 is 0 Å². The van der Waals surface area contributed by atoms with E-state index in [0.717, 1.165) is 10.1 Å². The highest BCUT2D eigenvalue weighted by molar-refractivity contribution is 6.11. The Morgan fingerprint density at radius 3 is 2.48 bits per heavy atom. The minimum absolute atomic E-state index is 0.0519. The number of rotatable bonds is 8. The molecule has 6 heteroatoms. The van der Waals surface area contributed by atoms with Crippen molar-refractivity contribution in [1.29, 1.82) is 5.26 Å². The van der Waals surface area contributed by atoms with Gasteiger partial charge in [-0.05, 0) is 48.7 Å². The van der Waals surface area contributed by atoms with Crippen LogP contribution in [-0.4, -0.2) is 22.1 Å². The molecule has 0 amide bonds. The first-order chi connectivity index (χ1) is 15.0. The number of benzene rings is 2. The summed E-state index contributed by atoms with van der Waals surface area (Å²) in [6.07, 6.45) is 2.08. The Balaban J connectivity index is 2.01. The van der Waals surface area contributed by atoms with E-state index in [0.29, 0.717) is 24.3 Å². The molecule has 3 aromatic rings. The molecule has 156 valence electrons. The highest BCUT2D eigenvalue weighted by atomic mass is 16.5. The minimum Gasteiger partial charge on any atom is -0.494 e. The number of hydrogen-bond donors (Lipinski definition) is 1. The van der Waals surface area contributed by atoms with Gasteiger partial charge in [0.15, 0.2) is 5.78 Å². The Kier molecular flexibility index (Phi) is 6.68. The number of aromatic hydroxyl groups is 1. The standard InChI is InChI=1S/C25H22N2O4/c1-3-15-31-20-11-9-19(10-12-20)23(28)22-17(2)21(16-26)24(29)27(25(22)30)14-13-18-7-5-4-6-8-18/h3-12,30H,1,13-15H2,2H3. The molecule has 31 heavy (non-hydrogen) atoms. The molecular weight excluding hydrogens is 392 g/mol. The van der Waals surface area contributed by atoms with Crippen molar-refractivity contribution < 1.29 is 14.6 Å². The second-order valence-corrected chi connectivity index (χ2v) is 6.96. The van der Waals surface area contributed by atoms with Gasteiger partial charge in [-0.1, -0.05) is 43.0 Å². The van der Waals surface area contributed by atoms with E-state index in [2.05, 4.69) is 6.58 Å². The Bertz CT molecular complexity index is 1200. The van der Waals surface area contributed by atoms with Crippen LogP contribution in [0.15, 0.2) is 72.0 Å². The maximum atomic E-state index is 13.2. The van der Waals surface area contributed by atoms with Crippen LogP contribution in [-0.2, 0) is 13.0 Å². The SMILES string of the molecule is C=CCOc1ccc(C(=O)c2c(C)c(C#N)c(=O)n(CCc3ccccc3)c2O)cc1. The highest BCUT2D eigenvalue weighted by Crippen LogP contribution is 2.26. The zero-order valence-electron chi connectivity index (χ0n) is 17.2. The van der Waals surface area contributed by atoms with E-state index >= 15 is 0 Å². The van der Waals surface area contributed by atoms with E-state index in [4.69, 9.17) is 4.74 Å². The molecule has 0 spiro atoms. The third-order valence-electron chi connectivity index (χ3n) is 4.98. The van der Waals surface area contributed by atoms with Crippen molar-refractivity contribution in [3.8, 4) is 17.7 Å². The minimum atomic E-state index is -0.613. The molecule has 0 aliphatic rings. The fourth-order valence-electron chi connectivity index (χ4n) is 3.32.